The van der Waals surface area contributed by atoms with Gasteiger partial charge in [0.05, 0.1) is 0 Å². The van der Waals surface area contributed by atoms with Gasteiger partial charge in [0.15, 0.2) is 5.17 Å². The molecule has 20 heavy (non-hydrogen) atoms. The number of rotatable bonds is 8. The third kappa shape index (κ3) is 5.80. The Labute approximate surface area is 131 Å². The fraction of sp³-hybridized carbons (Fsp3) is 0.562. The maximum Gasteiger partial charge on any atom is 0.156 e. The molecule has 1 saturated heterocycles. The standard InChI is InChI=1S/C16H24N2S2/c1-19-11-7-3-6-10-17-16-18-15(13-20-16)12-14-8-4-2-5-9-14/h2,4-5,8-9,15H,3,6-7,10-13H2,1H3,(H,17,18). The van der Waals surface area contributed by atoms with Crippen molar-refractivity contribution in [1.82, 2.24) is 5.32 Å². The van der Waals surface area contributed by atoms with Gasteiger partial charge in [-0.3, -0.25) is 4.99 Å². The predicted molar refractivity (Wildman–Crippen MR) is 94.1 cm³/mol. The summed E-state index contributed by atoms with van der Waals surface area (Å²) in [5.74, 6) is 2.42. The molecule has 1 fully saturated rings. The van der Waals surface area contributed by atoms with Crippen LogP contribution in [0, 0.1) is 0 Å². The molecule has 2 rings (SSSR count). The highest BCUT2D eigenvalue weighted by Gasteiger charge is 2.19. The van der Waals surface area contributed by atoms with E-state index in [1.54, 1.807) is 0 Å². The molecule has 4 heteroatoms. The highest BCUT2D eigenvalue weighted by Crippen LogP contribution is 2.17. The Bertz CT molecular complexity index is 406. The molecule has 0 spiro atoms. The Kier molecular flexibility index (Phi) is 7.37. The van der Waals surface area contributed by atoms with Gasteiger partial charge in [-0.15, -0.1) is 0 Å². The summed E-state index contributed by atoms with van der Waals surface area (Å²) in [6.07, 6.45) is 7.11. The Balaban J connectivity index is 1.64. The summed E-state index contributed by atoms with van der Waals surface area (Å²) in [6, 6.07) is 11.2. The van der Waals surface area contributed by atoms with E-state index in [0.29, 0.717) is 6.04 Å². The quantitative estimate of drug-likeness (QED) is 0.739. The molecule has 1 aromatic rings. The van der Waals surface area contributed by atoms with Gasteiger partial charge in [-0.05, 0) is 36.8 Å². The fourth-order valence-electron chi connectivity index (χ4n) is 2.25. The van der Waals surface area contributed by atoms with Crippen LogP contribution in [0.15, 0.2) is 35.3 Å². The molecule has 1 unspecified atom stereocenters. The summed E-state index contributed by atoms with van der Waals surface area (Å²) >= 11 is 3.81. The first-order chi connectivity index (χ1) is 9.88. The van der Waals surface area contributed by atoms with Crippen molar-refractivity contribution in [3.8, 4) is 0 Å². The van der Waals surface area contributed by atoms with Crippen molar-refractivity contribution in [3.63, 3.8) is 0 Å². The average molecular weight is 309 g/mol. The molecule has 0 aliphatic carbocycles. The second kappa shape index (κ2) is 9.35. The minimum Gasteiger partial charge on any atom is -0.361 e. The SMILES string of the molecule is CSCCCCCN=C1NC(Cc2ccccc2)CS1. The number of hydrogen-bond donors (Lipinski definition) is 1. The van der Waals surface area contributed by atoms with Gasteiger partial charge in [-0.1, -0.05) is 48.5 Å². The van der Waals surface area contributed by atoms with Gasteiger partial charge in [0.2, 0.25) is 0 Å². The number of amidine groups is 1. The molecule has 110 valence electrons. The van der Waals surface area contributed by atoms with E-state index >= 15 is 0 Å². The van der Waals surface area contributed by atoms with Crippen LogP contribution in [-0.4, -0.2) is 35.5 Å². The molecule has 0 saturated carbocycles. The number of unbranched alkanes of at least 4 members (excludes halogenated alkanes) is 2. The summed E-state index contributed by atoms with van der Waals surface area (Å²) in [6.45, 7) is 0.974. The Hall–Kier alpha value is -0.610. The number of thioether (sulfide) groups is 2. The molecule has 0 radical (unpaired) electrons. The first kappa shape index (κ1) is 15.8. The normalized spacial score (nSPS) is 20.2. The first-order valence-electron chi connectivity index (χ1n) is 7.35. The third-order valence-corrected chi connectivity index (χ3v) is 5.12. The largest absolute Gasteiger partial charge is 0.361 e. The highest BCUT2D eigenvalue weighted by atomic mass is 32.2. The van der Waals surface area contributed by atoms with E-state index in [4.69, 9.17) is 0 Å². The van der Waals surface area contributed by atoms with E-state index in [2.05, 4.69) is 46.9 Å². The highest BCUT2D eigenvalue weighted by molar-refractivity contribution is 8.14. The molecular weight excluding hydrogens is 284 g/mol. The lowest BCUT2D eigenvalue weighted by atomic mass is 10.1. The molecule has 2 nitrogen and oxygen atoms in total. The van der Waals surface area contributed by atoms with Crippen LogP contribution in [0.1, 0.15) is 24.8 Å². The lowest BCUT2D eigenvalue weighted by Crippen LogP contribution is -2.29. The molecule has 0 bridgehead atoms. The second-order valence-corrected chi connectivity index (χ2v) is 7.08. The van der Waals surface area contributed by atoms with Gasteiger partial charge in [-0.2, -0.15) is 11.8 Å². The van der Waals surface area contributed by atoms with Crippen molar-refractivity contribution in [3.05, 3.63) is 35.9 Å². The van der Waals surface area contributed by atoms with Crippen LogP contribution in [0.3, 0.4) is 0 Å². The lowest BCUT2D eigenvalue weighted by Gasteiger charge is -2.09. The van der Waals surface area contributed by atoms with Gasteiger partial charge in [-0.25, -0.2) is 0 Å². The number of aliphatic imine (C=N–C) groups is 1. The van der Waals surface area contributed by atoms with E-state index < -0.39 is 0 Å². The minimum absolute atomic E-state index is 0.539. The molecule has 1 heterocycles. The summed E-state index contributed by atoms with van der Waals surface area (Å²) in [4.78, 5) is 4.67. The van der Waals surface area contributed by atoms with Crippen LogP contribution in [0.4, 0.5) is 0 Å². The first-order valence-corrected chi connectivity index (χ1v) is 9.73. The molecule has 1 aliphatic rings. The van der Waals surface area contributed by atoms with E-state index in [1.807, 2.05) is 23.5 Å². The zero-order valence-electron chi connectivity index (χ0n) is 12.2. The van der Waals surface area contributed by atoms with E-state index in [0.717, 1.165) is 23.9 Å². The maximum absolute atomic E-state index is 4.67. The second-order valence-electron chi connectivity index (χ2n) is 5.08. The van der Waals surface area contributed by atoms with Crippen molar-refractivity contribution in [2.75, 3.05) is 24.3 Å². The minimum atomic E-state index is 0.539. The van der Waals surface area contributed by atoms with Crippen LogP contribution >= 0.6 is 23.5 Å². The Morgan fingerprint density at radius 2 is 2.10 bits per heavy atom. The third-order valence-electron chi connectivity index (χ3n) is 3.34. The van der Waals surface area contributed by atoms with E-state index in [-0.39, 0.29) is 0 Å². The monoisotopic (exact) mass is 308 g/mol. The molecule has 1 aromatic carbocycles. The summed E-state index contributed by atoms with van der Waals surface area (Å²) < 4.78 is 0. The molecule has 1 atom stereocenters. The average Bonchev–Trinajstić information content (AvgIpc) is 2.91. The van der Waals surface area contributed by atoms with E-state index in [1.165, 1.54) is 30.6 Å². The molecule has 1 N–H and O–H groups in total. The lowest BCUT2D eigenvalue weighted by molar-refractivity contribution is 0.682. The predicted octanol–water partition coefficient (Wildman–Crippen LogP) is 3.82. The van der Waals surface area contributed by atoms with Gasteiger partial charge < -0.3 is 5.32 Å². The summed E-state index contributed by atoms with van der Waals surface area (Å²) in [5.41, 5.74) is 1.41. The van der Waals surface area contributed by atoms with Gasteiger partial charge in [0.1, 0.15) is 0 Å². The van der Waals surface area contributed by atoms with Crippen LogP contribution < -0.4 is 5.32 Å². The number of benzene rings is 1. The number of hydrogen-bond acceptors (Lipinski definition) is 3. The van der Waals surface area contributed by atoms with Crippen LogP contribution in [0.5, 0.6) is 0 Å². The van der Waals surface area contributed by atoms with Crippen LogP contribution in [0.25, 0.3) is 0 Å². The molecular formula is C16H24N2S2. The van der Waals surface area contributed by atoms with Crippen molar-refractivity contribution >= 4 is 28.7 Å². The molecule has 0 amide bonds. The smallest absolute Gasteiger partial charge is 0.156 e. The van der Waals surface area contributed by atoms with Crippen LogP contribution in [-0.2, 0) is 6.42 Å². The van der Waals surface area contributed by atoms with E-state index in [9.17, 15) is 0 Å². The van der Waals surface area contributed by atoms with Gasteiger partial charge in [0, 0.05) is 18.3 Å². The summed E-state index contributed by atoms with van der Waals surface area (Å²) in [5, 5.41) is 4.70. The Morgan fingerprint density at radius 1 is 1.25 bits per heavy atom. The molecule has 0 aromatic heterocycles. The van der Waals surface area contributed by atoms with Crippen LogP contribution in [0.2, 0.25) is 0 Å². The summed E-state index contributed by atoms with van der Waals surface area (Å²) in [7, 11) is 0. The zero-order valence-corrected chi connectivity index (χ0v) is 13.8. The van der Waals surface area contributed by atoms with Gasteiger partial charge >= 0.3 is 0 Å². The van der Waals surface area contributed by atoms with Crippen molar-refractivity contribution in [1.29, 1.82) is 0 Å². The van der Waals surface area contributed by atoms with Crippen molar-refractivity contribution in [2.24, 2.45) is 4.99 Å². The van der Waals surface area contributed by atoms with Gasteiger partial charge in [0.25, 0.3) is 0 Å². The van der Waals surface area contributed by atoms with Crippen molar-refractivity contribution < 1.29 is 0 Å². The van der Waals surface area contributed by atoms with Crippen molar-refractivity contribution in [2.45, 2.75) is 31.7 Å². The number of nitrogens with zero attached hydrogens (tertiary/aromatic N) is 1. The maximum atomic E-state index is 4.67. The fourth-order valence-corrected chi connectivity index (χ4v) is 3.74. The number of nitrogens with one attached hydrogen (secondary N) is 1. The Morgan fingerprint density at radius 3 is 2.90 bits per heavy atom. The topological polar surface area (TPSA) is 24.4 Å². The molecule has 1 aliphatic heterocycles. The zero-order chi connectivity index (χ0) is 14.0.